The highest BCUT2D eigenvalue weighted by Gasteiger charge is 2.31. The molecule has 1 N–H and O–H groups in total. The van der Waals surface area contributed by atoms with Crippen molar-refractivity contribution in [2.45, 2.75) is 25.2 Å². The van der Waals surface area contributed by atoms with E-state index in [4.69, 9.17) is 0 Å². The zero-order chi connectivity index (χ0) is 20.5. The van der Waals surface area contributed by atoms with Gasteiger partial charge in [0.25, 0.3) is 0 Å². The minimum absolute atomic E-state index is 0.167. The lowest BCUT2D eigenvalue weighted by atomic mass is 10.1. The molecule has 0 spiro atoms. The van der Waals surface area contributed by atoms with Gasteiger partial charge in [0.05, 0.1) is 23.2 Å². The van der Waals surface area contributed by atoms with Crippen molar-refractivity contribution in [3.05, 3.63) is 42.5 Å². The van der Waals surface area contributed by atoms with Crippen LogP contribution in [0.3, 0.4) is 0 Å². The molecule has 0 saturated carbocycles. The highest BCUT2D eigenvalue weighted by atomic mass is 16.3. The number of hydrogen-bond acceptors (Lipinski definition) is 7. The molecule has 2 aliphatic rings. The number of anilines is 4. The molecule has 2 atom stereocenters. The molecule has 2 heterocycles. The maximum absolute atomic E-state index is 9.89. The number of rotatable bonds is 4. The summed E-state index contributed by atoms with van der Waals surface area (Å²) in [5.41, 5.74) is 5.43. The van der Waals surface area contributed by atoms with Crippen LogP contribution in [0.5, 0.6) is 0 Å². The summed E-state index contributed by atoms with van der Waals surface area (Å²) in [5.74, 6) is 0. The quantitative estimate of drug-likeness (QED) is 0.802. The second-order valence-corrected chi connectivity index (χ2v) is 8.11. The predicted octanol–water partition coefficient (Wildman–Crippen LogP) is 3.67. The number of aliphatic hydroxyl groups excluding tert-OH is 1. The van der Waals surface area contributed by atoms with Crippen molar-refractivity contribution in [2.75, 3.05) is 60.9 Å². The van der Waals surface area contributed by atoms with Crippen LogP contribution in [-0.4, -0.2) is 58.8 Å². The Morgan fingerprint density at radius 2 is 1.72 bits per heavy atom. The van der Waals surface area contributed by atoms with Crippen molar-refractivity contribution in [2.24, 2.45) is 10.2 Å². The van der Waals surface area contributed by atoms with Gasteiger partial charge in [-0.15, -0.1) is 5.11 Å². The minimum atomic E-state index is -0.230. The Bertz CT molecular complexity index is 881. The molecule has 2 aliphatic heterocycles. The van der Waals surface area contributed by atoms with E-state index in [2.05, 4.69) is 67.2 Å². The van der Waals surface area contributed by atoms with Gasteiger partial charge in [0.1, 0.15) is 0 Å². The molecule has 0 amide bonds. The van der Waals surface area contributed by atoms with Crippen LogP contribution in [0.25, 0.3) is 0 Å². The second kappa shape index (κ2) is 7.91. The predicted molar refractivity (Wildman–Crippen MR) is 120 cm³/mol. The number of fused-ring (bicyclic) bond motifs is 1. The zero-order valence-electron chi connectivity index (χ0n) is 17.7. The first-order valence-electron chi connectivity index (χ1n) is 10.1. The third kappa shape index (κ3) is 3.87. The summed E-state index contributed by atoms with van der Waals surface area (Å²) >= 11 is 0. The first-order valence-corrected chi connectivity index (χ1v) is 10.1. The third-order valence-corrected chi connectivity index (χ3v) is 5.82. The number of β-amino-alcohol motifs (C(OH)–C–C–N with tert-alkyl or cyclic N) is 1. The highest BCUT2D eigenvalue weighted by molar-refractivity contribution is 5.80. The maximum atomic E-state index is 9.89. The van der Waals surface area contributed by atoms with E-state index in [9.17, 15) is 5.11 Å². The van der Waals surface area contributed by atoms with E-state index in [0.717, 1.165) is 42.1 Å². The van der Waals surface area contributed by atoms with Crippen LogP contribution < -0.4 is 19.6 Å². The van der Waals surface area contributed by atoms with Crippen molar-refractivity contribution in [3.63, 3.8) is 0 Å². The standard InChI is InChI=1S/C22H30N6O/c1-25(2)18-11-12-20-21(14-18)27(4)22(26(20)3)24-23-16-7-9-17(10-8-16)28-13-5-6-19(29)15-28/h7-12,14,19,22,29H,5-6,13,15H2,1-4H3. The third-order valence-electron chi connectivity index (χ3n) is 5.82. The highest BCUT2D eigenvalue weighted by Crippen LogP contribution is 2.40. The van der Waals surface area contributed by atoms with E-state index >= 15 is 0 Å². The number of hydrogen-bond donors (Lipinski definition) is 1. The van der Waals surface area contributed by atoms with Gasteiger partial charge < -0.3 is 24.7 Å². The number of nitrogens with zero attached hydrogens (tertiary/aromatic N) is 6. The normalized spacial score (nSPS) is 21.8. The molecule has 0 bridgehead atoms. The van der Waals surface area contributed by atoms with Crippen LogP contribution in [0.4, 0.5) is 28.4 Å². The summed E-state index contributed by atoms with van der Waals surface area (Å²) in [7, 11) is 8.19. The summed E-state index contributed by atoms with van der Waals surface area (Å²) in [4.78, 5) is 8.62. The van der Waals surface area contributed by atoms with Crippen LogP contribution in [-0.2, 0) is 0 Å². The zero-order valence-corrected chi connectivity index (χ0v) is 17.7. The summed E-state index contributed by atoms with van der Waals surface area (Å²) in [6.45, 7) is 1.69. The molecule has 0 aliphatic carbocycles. The largest absolute Gasteiger partial charge is 0.391 e. The van der Waals surface area contributed by atoms with Gasteiger partial charge in [-0.25, -0.2) is 0 Å². The van der Waals surface area contributed by atoms with E-state index < -0.39 is 0 Å². The molecule has 7 nitrogen and oxygen atoms in total. The Kier molecular flexibility index (Phi) is 5.32. The molecule has 7 heteroatoms. The Hall–Kier alpha value is -2.80. The van der Waals surface area contributed by atoms with Gasteiger partial charge >= 0.3 is 0 Å². The average molecular weight is 395 g/mol. The van der Waals surface area contributed by atoms with Crippen LogP contribution in [0.15, 0.2) is 52.7 Å². The van der Waals surface area contributed by atoms with Crippen molar-refractivity contribution < 1.29 is 5.11 Å². The van der Waals surface area contributed by atoms with Crippen molar-refractivity contribution in [1.29, 1.82) is 0 Å². The van der Waals surface area contributed by atoms with Gasteiger partial charge in [-0.2, -0.15) is 5.11 Å². The first-order chi connectivity index (χ1) is 13.9. The summed E-state index contributed by atoms with van der Waals surface area (Å²) in [5, 5.41) is 19.0. The van der Waals surface area contributed by atoms with Gasteiger partial charge in [0.2, 0.25) is 6.29 Å². The van der Waals surface area contributed by atoms with Gasteiger partial charge in [0, 0.05) is 52.7 Å². The van der Waals surface area contributed by atoms with Crippen molar-refractivity contribution in [3.8, 4) is 0 Å². The Balaban J connectivity index is 1.47. The smallest absolute Gasteiger partial charge is 0.218 e. The molecular formula is C22H30N6O. The topological polar surface area (TPSA) is 57.9 Å². The first kappa shape index (κ1) is 19.5. The molecule has 2 unspecified atom stereocenters. The number of benzene rings is 2. The van der Waals surface area contributed by atoms with Crippen LogP contribution in [0.1, 0.15) is 12.8 Å². The lowest BCUT2D eigenvalue weighted by Crippen LogP contribution is -2.38. The fourth-order valence-electron chi connectivity index (χ4n) is 4.07. The van der Waals surface area contributed by atoms with Crippen molar-refractivity contribution in [1.82, 2.24) is 0 Å². The van der Waals surface area contributed by atoms with E-state index in [-0.39, 0.29) is 12.4 Å². The molecule has 29 heavy (non-hydrogen) atoms. The Labute approximate surface area is 172 Å². The molecule has 0 aromatic heterocycles. The number of piperidine rings is 1. The molecule has 1 fully saturated rings. The Morgan fingerprint density at radius 1 is 1.00 bits per heavy atom. The SMILES string of the molecule is CN(C)c1ccc2c(c1)N(C)C(N=Nc1ccc(N3CCCC(O)C3)cc1)N2C. The molecule has 4 rings (SSSR count). The van der Waals surface area contributed by atoms with Gasteiger partial charge in [-0.1, -0.05) is 0 Å². The van der Waals surface area contributed by atoms with E-state index in [1.165, 1.54) is 5.69 Å². The van der Waals surface area contributed by atoms with Gasteiger partial charge in [0.15, 0.2) is 0 Å². The summed E-state index contributed by atoms with van der Waals surface area (Å²) in [6, 6.07) is 14.6. The lowest BCUT2D eigenvalue weighted by molar-refractivity contribution is 0.154. The Morgan fingerprint density at radius 3 is 2.41 bits per heavy atom. The lowest BCUT2D eigenvalue weighted by Gasteiger charge is -2.31. The molecular weight excluding hydrogens is 364 g/mol. The van der Waals surface area contributed by atoms with Crippen LogP contribution in [0.2, 0.25) is 0 Å². The van der Waals surface area contributed by atoms with E-state index in [0.29, 0.717) is 6.54 Å². The second-order valence-electron chi connectivity index (χ2n) is 8.11. The fraction of sp³-hybridized carbons (Fsp3) is 0.455. The van der Waals surface area contributed by atoms with Gasteiger partial charge in [-0.3, -0.25) is 0 Å². The fourth-order valence-corrected chi connectivity index (χ4v) is 4.07. The van der Waals surface area contributed by atoms with E-state index in [1.54, 1.807) is 0 Å². The average Bonchev–Trinajstić information content (AvgIpc) is 2.96. The molecule has 2 aromatic carbocycles. The monoisotopic (exact) mass is 394 g/mol. The van der Waals surface area contributed by atoms with Gasteiger partial charge in [-0.05, 0) is 55.3 Å². The van der Waals surface area contributed by atoms with E-state index in [1.807, 2.05) is 33.3 Å². The molecule has 0 radical (unpaired) electrons. The number of azo groups is 1. The minimum Gasteiger partial charge on any atom is -0.391 e. The van der Waals surface area contributed by atoms with Crippen LogP contribution in [0, 0.1) is 0 Å². The summed E-state index contributed by atoms with van der Waals surface area (Å²) < 4.78 is 0. The maximum Gasteiger partial charge on any atom is 0.218 e. The van der Waals surface area contributed by atoms with Crippen LogP contribution >= 0.6 is 0 Å². The van der Waals surface area contributed by atoms with Crippen molar-refractivity contribution >= 4 is 28.4 Å². The molecule has 2 aromatic rings. The molecule has 1 saturated heterocycles. The summed E-state index contributed by atoms with van der Waals surface area (Å²) in [6.07, 6.45) is 1.52. The number of aliphatic hydroxyl groups is 1. The molecule has 154 valence electrons.